The zero-order chi connectivity index (χ0) is 10.1. The molecule has 0 aliphatic carbocycles. The molecule has 0 N–H and O–H groups in total. The number of methoxy groups -OCH3 is 1. The van der Waals surface area contributed by atoms with Crippen molar-refractivity contribution < 1.29 is 9.13 Å². The number of ether oxygens (including phenoxy) is 1. The van der Waals surface area contributed by atoms with E-state index >= 15 is 0 Å². The molecule has 2 aromatic rings. The number of rotatable bonds is 1. The minimum Gasteiger partial charge on any atom is -0.497 e. The van der Waals surface area contributed by atoms with Gasteiger partial charge >= 0.3 is 0 Å². The summed E-state index contributed by atoms with van der Waals surface area (Å²) in [6, 6.07) is 4.63. The highest BCUT2D eigenvalue weighted by Crippen LogP contribution is 2.24. The Balaban J connectivity index is 2.77. The first-order valence-corrected chi connectivity index (χ1v) is 4.37. The molecule has 72 valence electrons. The minimum atomic E-state index is -0.406. The fourth-order valence-corrected chi connectivity index (χ4v) is 1.44. The number of halogens is 2. The van der Waals surface area contributed by atoms with Crippen molar-refractivity contribution in [3.63, 3.8) is 0 Å². The van der Waals surface area contributed by atoms with Crippen LogP contribution in [0.25, 0.3) is 10.9 Å². The average molecular weight is 212 g/mol. The summed E-state index contributed by atoms with van der Waals surface area (Å²) in [4.78, 5) is 3.89. The lowest BCUT2D eigenvalue weighted by Gasteiger charge is -2.03. The van der Waals surface area contributed by atoms with E-state index in [-0.39, 0.29) is 0 Å². The maximum Gasteiger partial charge on any atom is 0.153 e. The second kappa shape index (κ2) is 3.42. The zero-order valence-corrected chi connectivity index (χ0v) is 8.18. The third-order valence-electron chi connectivity index (χ3n) is 1.91. The van der Waals surface area contributed by atoms with E-state index in [4.69, 9.17) is 16.3 Å². The molecule has 2 rings (SSSR count). The molecule has 14 heavy (non-hydrogen) atoms. The molecule has 1 aromatic heterocycles. The van der Waals surface area contributed by atoms with Crippen LogP contribution < -0.4 is 4.74 Å². The van der Waals surface area contributed by atoms with Crippen molar-refractivity contribution in [3.05, 3.63) is 35.2 Å². The Bertz CT molecular complexity index is 487. The summed E-state index contributed by atoms with van der Waals surface area (Å²) in [6.45, 7) is 0. The van der Waals surface area contributed by atoms with Crippen LogP contribution in [0.4, 0.5) is 4.39 Å². The summed E-state index contributed by atoms with van der Waals surface area (Å²) in [5.41, 5.74) is 0.301. The Morgan fingerprint density at radius 2 is 2.14 bits per heavy atom. The molecule has 0 amide bonds. The maximum atomic E-state index is 13.4. The summed E-state index contributed by atoms with van der Waals surface area (Å²) in [5, 5.41) is 1.11. The van der Waals surface area contributed by atoms with Gasteiger partial charge in [-0.3, -0.25) is 4.98 Å². The van der Waals surface area contributed by atoms with Crippen LogP contribution in [0.2, 0.25) is 5.02 Å². The topological polar surface area (TPSA) is 22.1 Å². The number of nitrogens with zero attached hydrogens (tertiary/aromatic N) is 1. The normalized spacial score (nSPS) is 10.5. The Kier molecular flexibility index (Phi) is 2.25. The van der Waals surface area contributed by atoms with Crippen LogP contribution in [-0.4, -0.2) is 12.1 Å². The van der Waals surface area contributed by atoms with Crippen molar-refractivity contribution in [2.75, 3.05) is 7.11 Å². The van der Waals surface area contributed by atoms with Gasteiger partial charge in [0, 0.05) is 17.6 Å². The zero-order valence-electron chi connectivity index (χ0n) is 7.42. The molecule has 0 bridgehead atoms. The molecule has 0 fully saturated rings. The van der Waals surface area contributed by atoms with Crippen LogP contribution in [0.15, 0.2) is 24.4 Å². The second-order valence-corrected chi connectivity index (χ2v) is 3.27. The smallest absolute Gasteiger partial charge is 0.153 e. The number of pyridine rings is 1. The molecule has 1 aromatic carbocycles. The van der Waals surface area contributed by atoms with E-state index in [2.05, 4.69) is 4.98 Å². The van der Waals surface area contributed by atoms with Crippen molar-refractivity contribution >= 4 is 22.5 Å². The van der Waals surface area contributed by atoms with Crippen molar-refractivity contribution in [2.24, 2.45) is 0 Å². The molecule has 0 saturated heterocycles. The van der Waals surface area contributed by atoms with Crippen LogP contribution >= 0.6 is 11.6 Å². The van der Waals surface area contributed by atoms with Gasteiger partial charge in [-0.15, -0.1) is 0 Å². The van der Waals surface area contributed by atoms with Crippen LogP contribution in [0.5, 0.6) is 5.75 Å². The molecule has 0 atom stereocenters. The highest BCUT2D eigenvalue weighted by molar-refractivity contribution is 6.31. The van der Waals surface area contributed by atoms with Crippen molar-refractivity contribution in [3.8, 4) is 5.75 Å². The highest BCUT2D eigenvalue weighted by atomic mass is 35.5. The lowest BCUT2D eigenvalue weighted by atomic mass is 10.2. The van der Waals surface area contributed by atoms with Gasteiger partial charge in [-0.2, -0.15) is 0 Å². The van der Waals surface area contributed by atoms with E-state index in [0.29, 0.717) is 21.7 Å². The largest absolute Gasteiger partial charge is 0.497 e. The minimum absolute atomic E-state index is 0.301. The molecule has 0 aliphatic rings. The van der Waals surface area contributed by atoms with Gasteiger partial charge in [0.2, 0.25) is 0 Å². The third kappa shape index (κ3) is 1.51. The molecule has 0 spiro atoms. The third-order valence-corrected chi connectivity index (χ3v) is 2.12. The predicted octanol–water partition coefficient (Wildman–Crippen LogP) is 3.04. The van der Waals surface area contributed by atoms with Gasteiger partial charge in [-0.25, -0.2) is 4.39 Å². The van der Waals surface area contributed by atoms with Crippen LogP contribution in [0.1, 0.15) is 0 Å². The first kappa shape index (κ1) is 9.21. The molecular formula is C10H7ClFNO. The molecule has 4 heteroatoms. The molecular weight excluding hydrogens is 205 g/mol. The number of benzene rings is 1. The van der Waals surface area contributed by atoms with Crippen molar-refractivity contribution in [1.29, 1.82) is 0 Å². The second-order valence-electron chi connectivity index (χ2n) is 2.83. The van der Waals surface area contributed by atoms with E-state index in [0.717, 1.165) is 0 Å². The molecule has 1 heterocycles. The first-order chi connectivity index (χ1) is 6.70. The van der Waals surface area contributed by atoms with Crippen molar-refractivity contribution in [1.82, 2.24) is 4.98 Å². The van der Waals surface area contributed by atoms with Gasteiger partial charge in [-0.1, -0.05) is 11.6 Å². The summed E-state index contributed by atoms with van der Waals surface area (Å²) in [5.74, 6) is 0.0510. The molecule has 2 nitrogen and oxygen atoms in total. The number of hydrogen-bond donors (Lipinski definition) is 0. The summed E-state index contributed by atoms with van der Waals surface area (Å²) < 4.78 is 18.3. The highest BCUT2D eigenvalue weighted by Gasteiger charge is 2.05. The lowest BCUT2D eigenvalue weighted by molar-refractivity contribution is 0.412. The number of hydrogen-bond acceptors (Lipinski definition) is 2. The SMILES string of the molecule is COc1cc(F)c2ncc(Cl)cc2c1. The van der Waals surface area contributed by atoms with Gasteiger partial charge in [0.05, 0.1) is 12.1 Å². The summed E-state index contributed by atoms with van der Waals surface area (Å²) in [7, 11) is 1.48. The number of aromatic nitrogens is 1. The standard InChI is InChI=1S/C10H7ClFNO/c1-14-8-3-6-2-7(11)5-13-10(6)9(12)4-8/h2-5H,1H3. The van der Waals surface area contributed by atoms with Gasteiger partial charge in [0.15, 0.2) is 5.82 Å². The molecule has 0 radical (unpaired) electrons. The van der Waals surface area contributed by atoms with E-state index in [9.17, 15) is 4.39 Å². The van der Waals surface area contributed by atoms with E-state index in [1.165, 1.54) is 19.4 Å². The van der Waals surface area contributed by atoms with Gasteiger partial charge in [0.1, 0.15) is 11.3 Å². The quantitative estimate of drug-likeness (QED) is 0.723. The van der Waals surface area contributed by atoms with Gasteiger partial charge in [-0.05, 0) is 12.1 Å². The predicted molar refractivity (Wildman–Crippen MR) is 53.3 cm³/mol. The van der Waals surface area contributed by atoms with Crippen LogP contribution in [0.3, 0.4) is 0 Å². The fourth-order valence-electron chi connectivity index (χ4n) is 1.27. The Morgan fingerprint density at radius 1 is 1.36 bits per heavy atom. The van der Waals surface area contributed by atoms with Crippen LogP contribution in [-0.2, 0) is 0 Å². The van der Waals surface area contributed by atoms with Gasteiger partial charge < -0.3 is 4.74 Å². The average Bonchev–Trinajstić information content (AvgIpc) is 2.16. The lowest BCUT2D eigenvalue weighted by Crippen LogP contribution is -1.88. The van der Waals surface area contributed by atoms with Crippen molar-refractivity contribution in [2.45, 2.75) is 0 Å². The Morgan fingerprint density at radius 3 is 2.86 bits per heavy atom. The Labute approximate surface area is 85.3 Å². The van der Waals surface area contributed by atoms with E-state index in [1.807, 2.05) is 0 Å². The van der Waals surface area contributed by atoms with E-state index < -0.39 is 5.82 Å². The monoisotopic (exact) mass is 211 g/mol. The fraction of sp³-hybridized carbons (Fsp3) is 0.100. The van der Waals surface area contributed by atoms with Gasteiger partial charge in [0.25, 0.3) is 0 Å². The Hall–Kier alpha value is -1.35. The van der Waals surface area contributed by atoms with Crippen LogP contribution in [0, 0.1) is 5.82 Å². The summed E-state index contributed by atoms with van der Waals surface area (Å²) >= 11 is 5.74. The molecule has 0 aliphatic heterocycles. The van der Waals surface area contributed by atoms with E-state index in [1.54, 1.807) is 12.1 Å². The molecule has 0 saturated carbocycles. The molecule has 0 unspecified atom stereocenters. The number of fused-ring (bicyclic) bond motifs is 1. The maximum absolute atomic E-state index is 13.4. The first-order valence-electron chi connectivity index (χ1n) is 3.99. The summed E-state index contributed by atoms with van der Waals surface area (Å²) in [6.07, 6.45) is 1.42.